The van der Waals surface area contributed by atoms with E-state index >= 15 is 0 Å². The highest BCUT2D eigenvalue weighted by Crippen LogP contribution is 2.33. The molecule has 4 nitrogen and oxygen atoms in total. The van der Waals surface area contributed by atoms with Gasteiger partial charge in [0.05, 0.1) is 21.7 Å². The lowest BCUT2D eigenvalue weighted by molar-refractivity contribution is 0.600. The molecular formula is C17H17ClN2O2S3. The van der Waals surface area contributed by atoms with Gasteiger partial charge in [0.1, 0.15) is 0 Å². The zero-order chi connectivity index (χ0) is 18.0. The molecule has 0 aliphatic carbocycles. The van der Waals surface area contributed by atoms with Gasteiger partial charge < -0.3 is 0 Å². The summed E-state index contributed by atoms with van der Waals surface area (Å²) in [5, 5.41) is 1.04. The van der Waals surface area contributed by atoms with Crippen molar-refractivity contribution < 1.29 is 8.42 Å². The summed E-state index contributed by atoms with van der Waals surface area (Å²) in [4.78, 5) is 4.56. The van der Waals surface area contributed by atoms with E-state index < -0.39 is 10.0 Å². The SMILES string of the molecule is CC(C)Sc1nc2ccc(NS(=O)(=O)Cc3ccc(Cl)cc3)cc2s1. The maximum atomic E-state index is 12.4. The second kappa shape index (κ2) is 7.53. The molecule has 0 aliphatic heterocycles. The number of sulfonamides is 1. The Morgan fingerprint density at radius 2 is 1.92 bits per heavy atom. The van der Waals surface area contributed by atoms with Crippen molar-refractivity contribution in [2.75, 3.05) is 4.72 Å². The number of hydrogen-bond donors (Lipinski definition) is 1. The van der Waals surface area contributed by atoms with Crippen LogP contribution in [0.15, 0.2) is 46.8 Å². The van der Waals surface area contributed by atoms with Crippen LogP contribution in [0.5, 0.6) is 0 Å². The molecule has 1 heterocycles. The predicted octanol–water partition coefficient (Wildman–Crippen LogP) is 5.39. The number of thioether (sulfide) groups is 1. The second-order valence-corrected chi connectivity index (χ2v) is 10.8. The van der Waals surface area contributed by atoms with Crippen molar-refractivity contribution in [2.45, 2.75) is 29.2 Å². The molecule has 3 aromatic rings. The lowest BCUT2D eigenvalue weighted by Crippen LogP contribution is -2.14. The summed E-state index contributed by atoms with van der Waals surface area (Å²) in [5.74, 6) is -0.0979. The smallest absolute Gasteiger partial charge is 0.236 e. The molecule has 1 aromatic heterocycles. The van der Waals surface area contributed by atoms with Gasteiger partial charge in [0.15, 0.2) is 4.34 Å². The maximum Gasteiger partial charge on any atom is 0.236 e. The molecule has 2 aromatic carbocycles. The number of halogens is 1. The summed E-state index contributed by atoms with van der Waals surface area (Å²) >= 11 is 9.11. The number of fused-ring (bicyclic) bond motifs is 1. The van der Waals surface area contributed by atoms with E-state index in [1.54, 1.807) is 53.4 Å². The summed E-state index contributed by atoms with van der Waals surface area (Å²) < 4.78 is 29.4. The highest BCUT2D eigenvalue weighted by molar-refractivity contribution is 8.01. The Labute approximate surface area is 160 Å². The molecule has 25 heavy (non-hydrogen) atoms. The first-order chi connectivity index (χ1) is 11.8. The maximum absolute atomic E-state index is 12.4. The van der Waals surface area contributed by atoms with Crippen LogP contribution in [0.25, 0.3) is 10.2 Å². The Morgan fingerprint density at radius 1 is 1.20 bits per heavy atom. The van der Waals surface area contributed by atoms with E-state index in [2.05, 4.69) is 23.6 Å². The Balaban J connectivity index is 1.77. The fourth-order valence-corrected chi connectivity index (χ4v) is 5.88. The Kier molecular flexibility index (Phi) is 5.58. The monoisotopic (exact) mass is 412 g/mol. The molecule has 0 aliphatic rings. The predicted molar refractivity (Wildman–Crippen MR) is 108 cm³/mol. The first kappa shape index (κ1) is 18.5. The molecule has 8 heteroatoms. The van der Waals surface area contributed by atoms with Crippen LogP contribution in [0.3, 0.4) is 0 Å². The third-order valence-corrected chi connectivity index (χ3v) is 6.88. The number of rotatable bonds is 6. The number of hydrogen-bond acceptors (Lipinski definition) is 5. The standard InChI is InChI=1S/C17H17ClN2O2S3/c1-11(2)23-17-19-15-8-7-14(9-16(15)24-17)20-25(21,22)10-12-3-5-13(18)6-4-12/h3-9,11,20H,10H2,1-2H3. The van der Waals surface area contributed by atoms with Crippen LogP contribution in [-0.4, -0.2) is 18.7 Å². The quantitative estimate of drug-likeness (QED) is 0.551. The molecule has 0 radical (unpaired) electrons. The van der Waals surface area contributed by atoms with Crippen molar-refractivity contribution in [3.8, 4) is 0 Å². The van der Waals surface area contributed by atoms with Gasteiger partial charge >= 0.3 is 0 Å². The summed E-state index contributed by atoms with van der Waals surface area (Å²) in [7, 11) is -3.50. The average Bonchev–Trinajstić information content (AvgIpc) is 2.89. The van der Waals surface area contributed by atoms with E-state index in [1.165, 1.54) is 0 Å². The summed E-state index contributed by atoms with van der Waals surface area (Å²) in [6.07, 6.45) is 0. The van der Waals surface area contributed by atoms with Gasteiger partial charge in [-0.05, 0) is 35.9 Å². The fourth-order valence-electron chi connectivity index (χ4n) is 2.23. The van der Waals surface area contributed by atoms with Gasteiger partial charge in [0, 0.05) is 10.3 Å². The number of thiazole rings is 1. The van der Waals surface area contributed by atoms with Gasteiger partial charge in [-0.1, -0.05) is 49.3 Å². The van der Waals surface area contributed by atoms with Crippen LogP contribution in [0, 0.1) is 0 Å². The number of nitrogens with one attached hydrogen (secondary N) is 1. The van der Waals surface area contributed by atoms with Crippen LogP contribution in [-0.2, 0) is 15.8 Å². The molecule has 0 fully saturated rings. The van der Waals surface area contributed by atoms with Crippen molar-refractivity contribution in [3.63, 3.8) is 0 Å². The number of aromatic nitrogens is 1. The summed E-state index contributed by atoms with van der Waals surface area (Å²) in [5.41, 5.74) is 2.12. The largest absolute Gasteiger partial charge is 0.283 e. The van der Waals surface area contributed by atoms with E-state index in [0.29, 0.717) is 21.5 Å². The molecule has 0 atom stereocenters. The van der Waals surface area contributed by atoms with Crippen LogP contribution in [0.4, 0.5) is 5.69 Å². The Morgan fingerprint density at radius 3 is 2.60 bits per heavy atom. The molecule has 0 amide bonds. The lowest BCUT2D eigenvalue weighted by atomic mass is 10.2. The Hall–Kier alpha value is -1.28. The van der Waals surface area contributed by atoms with Crippen LogP contribution in [0.2, 0.25) is 5.02 Å². The fraction of sp³-hybridized carbons (Fsp3) is 0.235. The summed E-state index contributed by atoms with van der Waals surface area (Å²) in [6, 6.07) is 12.2. The van der Waals surface area contributed by atoms with E-state index in [1.807, 2.05) is 12.1 Å². The average molecular weight is 413 g/mol. The molecule has 132 valence electrons. The van der Waals surface area contributed by atoms with Gasteiger partial charge in [0.2, 0.25) is 10.0 Å². The van der Waals surface area contributed by atoms with Crippen LogP contribution < -0.4 is 4.72 Å². The van der Waals surface area contributed by atoms with Crippen molar-refractivity contribution in [1.82, 2.24) is 4.98 Å². The topological polar surface area (TPSA) is 59.1 Å². The van der Waals surface area contributed by atoms with E-state index in [4.69, 9.17) is 11.6 Å². The van der Waals surface area contributed by atoms with Gasteiger partial charge in [-0.3, -0.25) is 4.72 Å². The second-order valence-electron chi connectivity index (χ2n) is 5.82. The van der Waals surface area contributed by atoms with Crippen LogP contribution in [0.1, 0.15) is 19.4 Å². The van der Waals surface area contributed by atoms with Gasteiger partial charge in [0.25, 0.3) is 0 Å². The number of benzene rings is 2. The normalized spacial score (nSPS) is 12.0. The number of anilines is 1. The Bertz CT molecular complexity index is 983. The minimum Gasteiger partial charge on any atom is -0.283 e. The highest BCUT2D eigenvalue weighted by atomic mass is 35.5. The zero-order valence-electron chi connectivity index (χ0n) is 13.7. The van der Waals surface area contributed by atoms with Crippen molar-refractivity contribution >= 4 is 60.6 Å². The molecule has 3 rings (SSSR count). The summed E-state index contributed by atoms with van der Waals surface area (Å²) in [6.45, 7) is 4.24. The van der Waals surface area contributed by atoms with E-state index in [-0.39, 0.29) is 5.75 Å². The molecule has 0 saturated heterocycles. The number of nitrogens with zero attached hydrogens (tertiary/aromatic N) is 1. The molecule has 0 bridgehead atoms. The zero-order valence-corrected chi connectivity index (χ0v) is 16.9. The molecular weight excluding hydrogens is 396 g/mol. The third kappa shape index (κ3) is 5.10. The first-order valence-corrected chi connectivity index (χ1v) is 11.4. The van der Waals surface area contributed by atoms with E-state index in [0.717, 1.165) is 14.6 Å². The first-order valence-electron chi connectivity index (χ1n) is 7.63. The van der Waals surface area contributed by atoms with Gasteiger partial charge in [-0.2, -0.15) is 0 Å². The van der Waals surface area contributed by atoms with Gasteiger partial charge in [-0.15, -0.1) is 11.3 Å². The molecule has 0 saturated carbocycles. The van der Waals surface area contributed by atoms with Crippen molar-refractivity contribution in [2.24, 2.45) is 0 Å². The molecule has 0 unspecified atom stereocenters. The third-order valence-electron chi connectivity index (χ3n) is 3.25. The van der Waals surface area contributed by atoms with E-state index in [9.17, 15) is 8.42 Å². The minimum absolute atomic E-state index is 0.0979. The van der Waals surface area contributed by atoms with Crippen LogP contribution >= 0.6 is 34.7 Å². The highest BCUT2D eigenvalue weighted by Gasteiger charge is 2.13. The minimum atomic E-state index is -3.50. The molecule has 0 spiro atoms. The molecule has 1 N–H and O–H groups in total. The van der Waals surface area contributed by atoms with Gasteiger partial charge in [-0.25, -0.2) is 13.4 Å². The van der Waals surface area contributed by atoms with Crippen molar-refractivity contribution in [1.29, 1.82) is 0 Å². The lowest BCUT2D eigenvalue weighted by Gasteiger charge is -2.08. The van der Waals surface area contributed by atoms with Crippen molar-refractivity contribution in [3.05, 3.63) is 53.1 Å².